The number of nitrogens with one attached hydrogen (secondary N) is 1. The third-order valence-electron chi connectivity index (χ3n) is 2.79. The minimum atomic E-state index is -0.116. The van der Waals surface area contributed by atoms with E-state index in [1.165, 1.54) is 0 Å². The molecule has 4 heteroatoms. The van der Waals surface area contributed by atoms with E-state index in [1.807, 2.05) is 56.3 Å². The number of nitrogens with zero attached hydrogens (tertiary/aromatic N) is 2. The highest BCUT2D eigenvalue weighted by Crippen LogP contribution is 2.19. The Kier molecular flexibility index (Phi) is 3.80. The number of anilines is 2. The van der Waals surface area contributed by atoms with E-state index in [0.29, 0.717) is 5.56 Å². The standard InChI is InChI=1S/C15H17N3O/c1-11-10-12(8-9-16-11)17-15(19)13-6-4-5-7-14(13)18(2)3/h4-10H,1-3H3,(H,16,17,19). The second kappa shape index (κ2) is 5.52. The summed E-state index contributed by atoms with van der Waals surface area (Å²) >= 11 is 0. The van der Waals surface area contributed by atoms with Gasteiger partial charge in [0.25, 0.3) is 5.91 Å². The van der Waals surface area contributed by atoms with Gasteiger partial charge in [-0.15, -0.1) is 0 Å². The molecule has 98 valence electrons. The zero-order valence-corrected chi connectivity index (χ0v) is 11.3. The van der Waals surface area contributed by atoms with Crippen molar-refractivity contribution in [1.29, 1.82) is 0 Å². The summed E-state index contributed by atoms with van der Waals surface area (Å²) in [6, 6.07) is 11.1. The normalized spacial score (nSPS) is 10.1. The van der Waals surface area contributed by atoms with Gasteiger partial charge in [0.1, 0.15) is 0 Å². The van der Waals surface area contributed by atoms with Crippen LogP contribution in [-0.2, 0) is 0 Å². The Bertz CT molecular complexity index is 593. The van der Waals surface area contributed by atoms with Crippen LogP contribution in [0.1, 0.15) is 16.1 Å². The van der Waals surface area contributed by atoms with Crippen LogP contribution in [0.5, 0.6) is 0 Å². The van der Waals surface area contributed by atoms with E-state index in [1.54, 1.807) is 12.3 Å². The summed E-state index contributed by atoms with van der Waals surface area (Å²) in [5.74, 6) is -0.116. The Morgan fingerprint density at radius 1 is 1.21 bits per heavy atom. The van der Waals surface area contributed by atoms with E-state index in [0.717, 1.165) is 17.1 Å². The molecule has 0 bridgehead atoms. The van der Waals surface area contributed by atoms with Crippen molar-refractivity contribution in [2.24, 2.45) is 0 Å². The Morgan fingerprint density at radius 2 is 1.95 bits per heavy atom. The molecule has 19 heavy (non-hydrogen) atoms. The highest BCUT2D eigenvalue weighted by Gasteiger charge is 2.12. The minimum Gasteiger partial charge on any atom is -0.377 e. The summed E-state index contributed by atoms with van der Waals surface area (Å²) in [7, 11) is 3.84. The monoisotopic (exact) mass is 255 g/mol. The van der Waals surface area contributed by atoms with Gasteiger partial charge in [-0.3, -0.25) is 9.78 Å². The fraction of sp³-hybridized carbons (Fsp3) is 0.200. The molecule has 0 saturated heterocycles. The van der Waals surface area contributed by atoms with Crippen LogP contribution in [0.15, 0.2) is 42.6 Å². The lowest BCUT2D eigenvalue weighted by molar-refractivity contribution is 0.102. The first-order chi connectivity index (χ1) is 9.08. The highest BCUT2D eigenvalue weighted by atomic mass is 16.1. The summed E-state index contributed by atoms with van der Waals surface area (Å²) in [4.78, 5) is 18.3. The van der Waals surface area contributed by atoms with Crippen LogP contribution in [-0.4, -0.2) is 25.0 Å². The van der Waals surface area contributed by atoms with Crippen LogP contribution in [0.4, 0.5) is 11.4 Å². The molecule has 0 atom stereocenters. The predicted molar refractivity (Wildman–Crippen MR) is 77.7 cm³/mol. The lowest BCUT2D eigenvalue weighted by Crippen LogP contribution is -2.18. The van der Waals surface area contributed by atoms with Crippen molar-refractivity contribution in [3.63, 3.8) is 0 Å². The van der Waals surface area contributed by atoms with Crippen molar-refractivity contribution in [3.05, 3.63) is 53.9 Å². The number of aromatic nitrogens is 1. The van der Waals surface area contributed by atoms with Gasteiger partial charge in [0.2, 0.25) is 0 Å². The topological polar surface area (TPSA) is 45.2 Å². The molecule has 2 rings (SSSR count). The average Bonchev–Trinajstić information content (AvgIpc) is 2.38. The number of hydrogen-bond acceptors (Lipinski definition) is 3. The molecule has 1 aromatic carbocycles. The van der Waals surface area contributed by atoms with Crippen LogP contribution >= 0.6 is 0 Å². The maximum atomic E-state index is 12.3. The Morgan fingerprint density at radius 3 is 2.63 bits per heavy atom. The fourth-order valence-corrected chi connectivity index (χ4v) is 1.88. The van der Waals surface area contributed by atoms with Crippen LogP contribution in [0.2, 0.25) is 0 Å². The van der Waals surface area contributed by atoms with Crippen molar-refractivity contribution < 1.29 is 4.79 Å². The third-order valence-corrected chi connectivity index (χ3v) is 2.79. The molecule has 1 amide bonds. The van der Waals surface area contributed by atoms with Crippen LogP contribution < -0.4 is 10.2 Å². The molecule has 1 N–H and O–H groups in total. The van der Waals surface area contributed by atoms with Crippen LogP contribution in [0.3, 0.4) is 0 Å². The van der Waals surface area contributed by atoms with E-state index in [4.69, 9.17) is 0 Å². The first-order valence-electron chi connectivity index (χ1n) is 6.08. The summed E-state index contributed by atoms with van der Waals surface area (Å²) in [5, 5.41) is 2.89. The quantitative estimate of drug-likeness (QED) is 0.917. The van der Waals surface area contributed by atoms with Gasteiger partial charge in [0, 0.05) is 37.4 Å². The maximum absolute atomic E-state index is 12.3. The lowest BCUT2D eigenvalue weighted by Gasteiger charge is -2.16. The number of hydrogen-bond donors (Lipinski definition) is 1. The number of carbonyl (C=O) groups is 1. The first-order valence-corrected chi connectivity index (χ1v) is 6.08. The minimum absolute atomic E-state index is 0.116. The van der Waals surface area contributed by atoms with Crippen molar-refractivity contribution in [2.45, 2.75) is 6.92 Å². The number of aryl methyl sites for hydroxylation is 1. The molecule has 0 aliphatic rings. The molecule has 0 radical (unpaired) electrons. The van der Waals surface area contributed by atoms with E-state index >= 15 is 0 Å². The second-order valence-electron chi connectivity index (χ2n) is 4.55. The smallest absolute Gasteiger partial charge is 0.257 e. The van der Waals surface area contributed by atoms with Crippen molar-refractivity contribution >= 4 is 17.3 Å². The van der Waals surface area contributed by atoms with E-state index in [9.17, 15) is 4.79 Å². The number of carbonyl (C=O) groups excluding carboxylic acids is 1. The molecular formula is C15H17N3O. The zero-order valence-electron chi connectivity index (χ0n) is 11.3. The van der Waals surface area contributed by atoms with Crippen molar-refractivity contribution in [1.82, 2.24) is 4.98 Å². The van der Waals surface area contributed by atoms with Gasteiger partial charge >= 0.3 is 0 Å². The van der Waals surface area contributed by atoms with Gasteiger partial charge in [0.15, 0.2) is 0 Å². The van der Waals surface area contributed by atoms with Crippen LogP contribution in [0, 0.1) is 6.92 Å². The largest absolute Gasteiger partial charge is 0.377 e. The molecule has 0 saturated carbocycles. The van der Waals surface area contributed by atoms with Gasteiger partial charge in [-0.1, -0.05) is 12.1 Å². The third kappa shape index (κ3) is 3.10. The summed E-state index contributed by atoms with van der Waals surface area (Å²) in [5.41, 5.74) is 3.18. The van der Waals surface area contributed by atoms with Gasteiger partial charge in [-0.2, -0.15) is 0 Å². The Balaban J connectivity index is 2.25. The van der Waals surface area contributed by atoms with Crippen LogP contribution in [0.25, 0.3) is 0 Å². The first kappa shape index (κ1) is 13.1. The van der Waals surface area contributed by atoms with Gasteiger partial charge in [-0.05, 0) is 31.2 Å². The lowest BCUT2D eigenvalue weighted by atomic mass is 10.1. The fourth-order valence-electron chi connectivity index (χ4n) is 1.88. The number of rotatable bonds is 3. The molecule has 0 spiro atoms. The molecule has 2 aromatic rings. The molecule has 1 heterocycles. The molecule has 0 aliphatic carbocycles. The molecule has 1 aromatic heterocycles. The molecule has 0 aliphatic heterocycles. The summed E-state index contributed by atoms with van der Waals surface area (Å²) in [6.45, 7) is 1.89. The van der Waals surface area contributed by atoms with Gasteiger partial charge in [-0.25, -0.2) is 0 Å². The number of pyridine rings is 1. The Hall–Kier alpha value is -2.36. The summed E-state index contributed by atoms with van der Waals surface area (Å²) in [6.07, 6.45) is 1.68. The molecule has 0 fully saturated rings. The van der Waals surface area contributed by atoms with Crippen molar-refractivity contribution in [2.75, 3.05) is 24.3 Å². The summed E-state index contributed by atoms with van der Waals surface area (Å²) < 4.78 is 0. The second-order valence-corrected chi connectivity index (χ2v) is 4.55. The molecule has 4 nitrogen and oxygen atoms in total. The van der Waals surface area contributed by atoms with Gasteiger partial charge < -0.3 is 10.2 Å². The highest BCUT2D eigenvalue weighted by molar-refractivity contribution is 6.08. The number of para-hydroxylation sites is 1. The van der Waals surface area contributed by atoms with Gasteiger partial charge in [0.05, 0.1) is 5.56 Å². The Labute approximate surface area is 113 Å². The zero-order chi connectivity index (χ0) is 13.8. The molecule has 0 unspecified atom stereocenters. The van der Waals surface area contributed by atoms with E-state index in [2.05, 4.69) is 10.3 Å². The predicted octanol–water partition coefficient (Wildman–Crippen LogP) is 2.71. The SMILES string of the molecule is Cc1cc(NC(=O)c2ccccc2N(C)C)ccn1. The van der Waals surface area contributed by atoms with Crippen molar-refractivity contribution in [3.8, 4) is 0 Å². The number of amides is 1. The van der Waals surface area contributed by atoms with E-state index in [-0.39, 0.29) is 5.91 Å². The number of benzene rings is 1. The average molecular weight is 255 g/mol. The molecular weight excluding hydrogens is 238 g/mol. The maximum Gasteiger partial charge on any atom is 0.257 e. The van der Waals surface area contributed by atoms with E-state index < -0.39 is 0 Å².